The zero-order chi connectivity index (χ0) is 15.4. The van der Waals surface area contributed by atoms with E-state index in [1.807, 2.05) is 30.3 Å². The summed E-state index contributed by atoms with van der Waals surface area (Å²) in [6, 6.07) is 9.68. The molecule has 2 saturated carbocycles. The standard InChI is InChI=1S/C18H23NO3/c20-17(19-11-13-4-2-1-3-5-13)12-22-18(21)10-16-9-14-6-7-15(16)8-14/h1-5,14-16H,6-12H2,(H,19,20)/t14-,15+,16+/m1/s1. The number of hydrogen-bond acceptors (Lipinski definition) is 3. The van der Waals surface area contributed by atoms with Crippen LogP contribution in [0.3, 0.4) is 0 Å². The van der Waals surface area contributed by atoms with Gasteiger partial charge in [-0.25, -0.2) is 0 Å². The summed E-state index contributed by atoms with van der Waals surface area (Å²) in [5, 5.41) is 2.76. The van der Waals surface area contributed by atoms with Gasteiger partial charge in [0.1, 0.15) is 0 Å². The van der Waals surface area contributed by atoms with Crippen LogP contribution in [0.4, 0.5) is 0 Å². The van der Waals surface area contributed by atoms with Gasteiger partial charge in [0.05, 0.1) is 0 Å². The van der Waals surface area contributed by atoms with E-state index in [1.54, 1.807) is 0 Å². The van der Waals surface area contributed by atoms with Crippen LogP contribution >= 0.6 is 0 Å². The first kappa shape index (κ1) is 15.1. The molecule has 0 spiro atoms. The number of amides is 1. The molecule has 0 saturated heterocycles. The number of benzene rings is 1. The quantitative estimate of drug-likeness (QED) is 0.822. The molecule has 3 atom stereocenters. The van der Waals surface area contributed by atoms with E-state index in [2.05, 4.69) is 5.32 Å². The second-order valence-electron chi connectivity index (χ2n) is 6.56. The minimum absolute atomic E-state index is 0.174. The Labute approximate surface area is 131 Å². The van der Waals surface area contributed by atoms with Gasteiger partial charge in [-0.2, -0.15) is 0 Å². The zero-order valence-corrected chi connectivity index (χ0v) is 12.8. The Hall–Kier alpha value is -1.84. The fourth-order valence-corrected chi connectivity index (χ4v) is 3.89. The molecule has 2 aliphatic carbocycles. The highest BCUT2D eigenvalue weighted by Crippen LogP contribution is 2.49. The molecule has 2 fully saturated rings. The molecule has 2 bridgehead atoms. The van der Waals surface area contributed by atoms with Crippen LogP contribution in [0.25, 0.3) is 0 Å². The topological polar surface area (TPSA) is 55.4 Å². The van der Waals surface area contributed by atoms with E-state index in [0.717, 1.165) is 11.5 Å². The van der Waals surface area contributed by atoms with Crippen LogP contribution in [0.5, 0.6) is 0 Å². The predicted molar refractivity (Wildman–Crippen MR) is 82.8 cm³/mol. The Bertz CT molecular complexity index is 528. The maximum Gasteiger partial charge on any atom is 0.306 e. The molecule has 0 unspecified atom stereocenters. The minimum Gasteiger partial charge on any atom is -0.456 e. The number of hydrogen-bond donors (Lipinski definition) is 1. The number of esters is 1. The monoisotopic (exact) mass is 301 g/mol. The highest BCUT2D eigenvalue weighted by atomic mass is 16.5. The minimum atomic E-state index is -0.245. The van der Waals surface area contributed by atoms with Crippen molar-refractivity contribution in [1.29, 1.82) is 0 Å². The second-order valence-corrected chi connectivity index (χ2v) is 6.56. The van der Waals surface area contributed by atoms with Gasteiger partial charge in [0, 0.05) is 13.0 Å². The smallest absolute Gasteiger partial charge is 0.306 e. The Kier molecular flexibility index (Phi) is 4.76. The Morgan fingerprint density at radius 1 is 1.14 bits per heavy atom. The van der Waals surface area contributed by atoms with Crippen LogP contribution < -0.4 is 5.32 Å². The van der Waals surface area contributed by atoms with Crippen LogP contribution in [0.1, 0.15) is 37.7 Å². The molecule has 1 aromatic rings. The third kappa shape index (κ3) is 3.87. The van der Waals surface area contributed by atoms with Crippen LogP contribution in [0.2, 0.25) is 0 Å². The molecule has 118 valence electrons. The van der Waals surface area contributed by atoms with E-state index in [4.69, 9.17) is 4.74 Å². The average Bonchev–Trinajstić information content (AvgIpc) is 3.14. The fraction of sp³-hybridized carbons (Fsp3) is 0.556. The van der Waals surface area contributed by atoms with E-state index >= 15 is 0 Å². The molecule has 1 N–H and O–H groups in total. The number of nitrogens with one attached hydrogen (secondary N) is 1. The Morgan fingerprint density at radius 2 is 1.95 bits per heavy atom. The molecule has 0 heterocycles. The van der Waals surface area contributed by atoms with Gasteiger partial charge in [0.15, 0.2) is 6.61 Å². The zero-order valence-electron chi connectivity index (χ0n) is 12.8. The third-order valence-electron chi connectivity index (χ3n) is 5.01. The number of carbonyl (C=O) groups excluding carboxylic acids is 2. The van der Waals surface area contributed by atoms with Crippen LogP contribution in [-0.4, -0.2) is 18.5 Å². The molecular weight excluding hydrogens is 278 g/mol. The largest absolute Gasteiger partial charge is 0.456 e. The third-order valence-corrected chi connectivity index (χ3v) is 5.01. The van der Waals surface area contributed by atoms with Gasteiger partial charge in [-0.15, -0.1) is 0 Å². The first-order valence-electron chi connectivity index (χ1n) is 8.17. The van der Waals surface area contributed by atoms with Gasteiger partial charge in [-0.3, -0.25) is 9.59 Å². The van der Waals surface area contributed by atoms with Crippen molar-refractivity contribution in [1.82, 2.24) is 5.32 Å². The highest BCUT2D eigenvalue weighted by Gasteiger charge is 2.40. The fourth-order valence-electron chi connectivity index (χ4n) is 3.89. The van der Waals surface area contributed by atoms with E-state index in [-0.39, 0.29) is 18.5 Å². The van der Waals surface area contributed by atoms with Gasteiger partial charge in [-0.1, -0.05) is 36.8 Å². The van der Waals surface area contributed by atoms with Crippen molar-refractivity contribution < 1.29 is 14.3 Å². The maximum atomic E-state index is 11.9. The molecule has 2 aliphatic rings. The van der Waals surface area contributed by atoms with E-state index < -0.39 is 0 Å². The molecular formula is C18H23NO3. The Morgan fingerprint density at radius 3 is 2.64 bits per heavy atom. The number of carbonyl (C=O) groups is 2. The molecule has 0 aromatic heterocycles. The summed E-state index contributed by atoms with van der Waals surface area (Å²) in [4.78, 5) is 23.5. The first-order chi connectivity index (χ1) is 10.7. The second kappa shape index (κ2) is 6.95. The lowest BCUT2D eigenvalue weighted by Crippen LogP contribution is -2.29. The van der Waals surface area contributed by atoms with Crippen molar-refractivity contribution in [3.05, 3.63) is 35.9 Å². The van der Waals surface area contributed by atoms with Crippen molar-refractivity contribution in [2.75, 3.05) is 6.61 Å². The maximum absolute atomic E-state index is 11.9. The summed E-state index contributed by atoms with van der Waals surface area (Å²) in [5.41, 5.74) is 1.03. The van der Waals surface area contributed by atoms with Gasteiger partial charge in [-0.05, 0) is 42.6 Å². The number of ether oxygens (including phenoxy) is 1. The van der Waals surface area contributed by atoms with Crippen molar-refractivity contribution in [3.8, 4) is 0 Å². The summed E-state index contributed by atoms with van der Waals surface area (Å²) < 4.78 is 5.11. The summed E-state index contributed by atoms with van der Waals surface area (Å²) in [6.45, 7) is 0.288. The van der Waals surface area contributed by atoms with E-state index in [0.29, 0.717) is 24.8 Å². The van der Waals surface area contributed by atoms with Gasteiger partial charge in [0.2, 0.25) is 0 Å². The highest BCUT2D eigenvalue weighted by molar-refractivity contribution is 5.80. The Balaban J connectivity index is 1.33. The molecule has 0 aliphatic heterocycles. The summed E-state index contributed by atoms with van der Waals surface area (Å²) >= 11 is 0. The SMILES string of the molecule is O=C(COC(=O)C[C@@H]1C[C@@H]2CC[C@H]1C2)NCc1ccccc1. The molecule has 1 amide bonds. The van der Waals surface area contributed by atoms with E-state index in [1.165, 1.54) is 25.7 Å². The van der Waals surface area contributed by atoms with Crippen molar-refractivity contribution in [2.24, 2.45) is 17.8 Å². The lowest BCUT2D eigenvalue weighted by atomic mass is 9.86. The molecule has 0 radical (unpaired) electrons. The van der Waals surface area contributed by atoms with Crippen LogP contribution in [0.15, 0.2) is 30.3 Å². The van der Waals surface area contributed by atoms with E-state index in [9.17, 15) is 9.59 Å². The molecule has 22 heavy (non-hydrogen) atoms. The average molecular weight is 301 g/mol. The molecule has 4 nitrogen and oxygen atoms in total. The predicted octanol–water partition coefficient (Wildman–Crippen LogP) is 2.67. The van der Waals surface area contributed by atoms with Crippen molar-refractivity contribution in [3.63, 3.8) is 0 Å². The number of fused-ring (bicyclic) bond motifs is 2. The van der Waals surface area contributed by atoms with Crippen LogP contribution in [0, 0.1) is 17.8 Å². The number of rotatable bonds is 6. The molecule has 3 rings (SSSR count). The lowest BCUT2D eigenvalue weighted by molar-refractivity contribution is -0.149. The van der Waals surface area contributed by atoms with Gasteiger partial charge >= 0.3 is 5.97 Å². The lowest BCUT2D eigenvalue weighted by Gasteiger charge is -2.20. The summed E-state index contributed by atoms with van der Waals surface area (Å²) in [6.07, 6.45) is 5.53. The summed E-state index contributed by atoms with van der Waals surface area (Å²) in [7, 11) is 0. The van der Waals surface area contributed by atoms with Crippen molar-refractivity contribution >= 4 is 11.9 Å². The first-order valence-corrected chi connectivity index (χ1v) is 8.17. The van der Waals surface area contributed by atoms with Crippen LogP contribution in [-0.2, 0) is 20.9 Å². The molecule has 4 heteroatoms. The van der Waals surface area contributed by atoms with Gasteiger partial charge in [0.25, 0.3) is 5.91 Å². The summed E-state index contributed by atoms with van der Waals surface area (Å²) in [5.74, 6) is 1.55. The molecule has 1 aromatic carbocycles. The normalized spacial score (nSPS) is 25.9. The van der Waals surface area contributed by atoms with Crippen molar-refractivity contribution in [2.45, 2.75) is 38.6 Å². The van der Waals surface area contributed by atoms with Gasteiger partial charge < -0.3 is 10.1 Å².